The van der Waals surface area contributed by atoms with E-state index in [1.807, 2.05) is 7.05 Å². The van der Waals surface area contributed by atoms with Gasteiger partial charge in [0.15, 0.2) is 5.11 Å². The molecule has 0 radical (unpaired) electrons. The van der Waals surface area contributed by atoms with E-state index in [1.165, 1.54) is 38.5 Å². The fraction of sp³-hybridized carbons (Fsp3) is 0.923. The molecule has 3 nitrogen and oxygen atoms in total. The van der Waals surface area contributed by atoms with Gasteiger partial charge in [-0.3, -0.25) is 0 Å². The minimum atomic E-state index is 0.609. The molecule has 0 atom stereocenters. The highest BCUT2D eigenvalue weighted by Gasteiger charge is 2.21. The second-order valence-corrected chi connectivity index (χ2v) is 5.76. The topological polar surface area (TPSA) is 24.5 Å². The fourth-order valence-electron chi connectivity index (χ4n) is 2.19. The second-order valence-electron chi connectivity index (χ2n) is 5.37. The van der Waals surface area contributed by atoms with Crippen LogP contribution in [0.1, 0.15) is 38.5 Å². The summed E-state index contributed by atoms with van der Waals surface area (Å²) in [5.41, 5.74) is 0. The molecule has 2 aliphatic rings. The summed E-state index contributed by atoms with van der Waals surface area (Å²) in [7, 11) is 2.05. The van der Waals surface area contributed by atoms with Crippen LogP contribution in [0.4, 0.5) is 0 Å². The molecule has 0 aromatic carbocycles. The molecule has 0 unspecified atom stereocenters. The lowest BCUT2D eigenvalue weighted by Crippen LogP contribution is -2.43. The van der Waals surface area contributed by atoms with Crippen molar-refractivity contribution in [3.63, 3.8) is 0 Å². The van der Waals surface area contributed by atoms with E-state index in [9.17, 15) is 0 Å². The number of ether oxygens (including phenoxy) is 1. The predicted octanol–water partition coefficient (Wildman–Crippen LogP) is 2.16. The first kappa shape index (κ1) is 13.1. The van der Waals surface area contributed by atoms with Gasteiger partial charge in [0.1, 0.15) is 0 Å². The zero-order valence-electron chi connectivity index (χ0n) is 10.8. The van der Waals surface area contributed by atoms with Crippen molar-refractivity contribution in [2.45, 2.75) is 44.6 Å². The Morgan fingerprint density at radius 3 is 2.65 bits per heavy atom. The third-order valence-electron chi connectivity index (χ3n) is 3.65. The zero-order valence-corrected chi connectivity index (χ0v) is 11.6. The number of rotatable bonds is 6. The Labute approximate surface area is 110 Å². The third-order valence-corrected chi connectivity index (χ3v) is 4.08. The van der Waals surface area contributed by atoms with Crippen LogP contribution in [-0.4, -0.2) is 42.9 Å². The summed E-state index contributed by atoms with van der Waals surface area (Å²) in [6.07, 6.45) is 7.94. The first-order chi connectivity index (χ1) is 8.25. The third kappa shape index (κ3) is 4.80. The molecule has 0 aliphatic heterocycles. The van der Waals surface area contributed by atoms with Crippen LogP contribution >= 0.6 is 12.2 Å². The van der Waals surface area contributed by atoms with E-state index < -0.39 is 0 Å². The second kappa shape index (κ2) is 6.55. The maximum absolute atomic E-state index is 5.62. The van der Waals surface area contributed by atoms with Gasteiger partial charge in [0.25, 0.3) is 0 Å². The maximum atomic E-state index is 5.62. The van der Waals surface area contributed by atoms with Crippen molar-refractivity contribution in [3.05, 3.63) is 0 Å². The smallest absolute Gasteiger partial charge is 0.168 e. The van der Waals surface area contributed by atoms with Gasteiger partial charge < -0.3 is 15.0 Å². The molecule has 98 valence electrons. The molecule has 2 saturated carbocycles. The van der Waals surface area contributed by atoms with Crippen molar-refractivity contribution in [1.82, 2.24) is 10.2 Å². The van der Waals surface area contributed by atoms with Crippen LogP contribution in [0.2, 0.25) is 0 Å². The highest BCUT2D eigenvalue weighted by atomic mass is 32.1. The zero-order chi connectivity index (χ0) is 12.1. The number of nitrogens with one attached hydrogen (secondary N) is 1. The van der Waals surface area contributed by atoms with Crippen molar-refractivity contribution in [2.75, 3.05) is 26.8 Å². The minimum absolute atomic E-state index is 0.609. The summed E-state index contributed by atoms with van der Waals surface area (Å²) in [6.45, 7) is 2.63. The van der Waals surface area contributed by atoms with Gasteiger partial charge in [-0.25, -0.2) is 0 Å². The average molecular weight is 256 g/mol. The van der Waals surface area contributed by atoms with E-state index >= 15 is 0 Å². The lowest BCUT2D eigenvalue weighted by atomic mass is 10.2. The largest absolute Gasteiger partial charge is 0.379 e. The molecule has 2 aliphatic carbocycles. The standard InChI is InChI=1S/C13H24N2OS/c1-15(8-9-16-10-11-6-7-11)13(17)14-12-4-2-3-5-12/h11-12H,2-10H2,1H3,(H,14,17). The summed E-state index contributed by atoms with van der Waals surface area (Å²) in [5, 5.41) is 4.32. The maximum Gasteiger partial charge on any atom is 0.168 e. The minimum Gasteiger partial charge on any atom is -0.379 e. The van der Waals surface area contributed by atoms with E-state index in [-0.39, 0.29) is 0 Å². The molecule has 0 aromatic heterocycles. The van der Waals surface area contributed by atoms with Crippen LogP contribution in [0.15, 0.2) is 0 Å². The predicted molar refractivity (Wildman–Crippen MR) is 74.2 cm³/mol. The Morgan fingerprint density at radius 1 is 1.29 bits per heavy atom. The van der Waals surface area contributed by atoms with Crippen molar-refractivity contribution >= 4 is 17.3 Å². The summed E-state index contributed by atoms with van der Waals surface area (Å²) < 4.78 is 5.62. The van der Waals surface area contributed by atoms with Crippen molar-refractivity contribution < 1.29 is 4.74 Å². The quantitative estimate of drug-likeness (QED) is 0.581. The molecule has 2 fully saturated rings. The van der Waals surface area contributed by atoms with Crippen molar-refractivity contribution in [1.29, 1.82) is 0 Å². The molecule has 2 rings (SSSR count). The molecule has 0 amide bonds. The molecular formula is C13H24N2OS. The SMILES string of the molecule is CN(CCOCC1CC1)C(=S)NC1CCCC1. The molecule has 4 heteroatoms. The number of hydrogen-bond donors (Lipinski definition) is 1. The van der Waals surface area contributed by atoms with Gasteiger partial charge in [0, 0.05) is 26.2 Å². The van der Waals surface area contributed by atoms with Gasteiger partial charge in [0.05, 0.1) is 6.61 Å². The van der Waals surface area contributed by atoms with E-state index in [4.69, 9.17) is 17.0 Å². The molecule has 0 heterocycles. The highest BCUT2D eigenvalue weighted by Crippen LogP contribution is 2.28. The first-order valence-corrected chi connectivity index (χ1v) is 7.26. The number of nitrogens with zero attached hydrogens (tertiary/aromatic N) is 1. The first-order valence-electron chi connectivity index (χ1n) is 6.85. The van der Waals surface area contributed by atoms with Crippen LogP contribution in [-0.2, 0) is 4.74 Å². The molecule has 17 heavy (non-hydrogen) atoms. The van der Waals surface area contributed by atoms with Gasteiger partial charge in [-0.15, -0.1) is 0 Å². The molecule has 0 saturated heterocycles. The number of hydrogen-bond acceptors (Lipinski definition) is 2. The molecule has 0 spiro atoms. The molecule has 1 N–H and O–H groups in total. The van der Waals surface area contributed by atoms with Gasteiger partial charge in [0.2, 0.25) is 0 Å². The van der Waals surface area contributed by atoms with Crippen LogP contribution in [0.3, 0.4) is 0 Å². The molecular weight excluding hydrogens is 232 g/mol. The molecule has 0 aromatic rings. The van der Waals surface area contributed by atoms with Gasteiger partial charge in [-0.1, -0.05) is 12.8 Å². The van der Waals surface area contributed by atoms with Gasteiger partial charge in [-0.2, -0.15) is 0 Å². The van der Waals surface area contributed by atoms with Crippen LogP contribution in [0.25, 0.3) is 0 Å². The normalized spacial score (nSPS) is 20.5. The monoisotopic (exact) mass is 256 g/mol. The summed E-state index contributed by atoms with van der Waals surface area (Å²) in [6, 6.07) is 0.609. The summed E-state index contributed by atoms with van der Waals surface area (Å²) in [4.78, 5) is 2.10. The van der Waals surface area contributed by atoms with E-state index in [1.54, 1.807) is 0 Å². The fourth-order valence-corrected chi connectivity index (χ4v) is 2.45. The molecule has 0 bridgehead atoms. The van der Waals surface area contributed by atoms with Gasteiger partial charge >= 0.3 is 0 Å². The Bertz CT molecular complexity index is 250. The summed E-state index contributed by atoms with van der Waals surface area (Å²) in [5.74, 6) is 0.851. The highest BCUT2D eigenvalue weighted by molar-refractivity contribution is 7.80. The van der Waals surface area contributed by atoms with Gasteiger partial charge in [-0.05, 0) is 43.8 Å². The lowest BCUT2D eigenvalue weighted by molar-refractivity contribution is 0.115. The van der Waals surface area contributed by atoms with Crippen molar-refractivity contribution in [3.8, 4) is 0 Å². The Morgan fingerprint density at radius 2 is 2.00 bits per heavy atom. The Hall–Kier alpha value is -0.350. The van der Waals surface area contributed by atoms with E-state index in [0.29, 0.717) is 6.04 Å². The summed E-state index contributed by atoms with van der Waals surface area (Å²) >= 11 is 5.39. The number of likely N-dealkylation sites (N-methyl/N-ethyl adjacent to an activating group) is 1. The Balaban J connectivity index is 1.53. The average Bonchev–Trinajstić information content (AvgIpc) is 3.01. The van der Waals surface area contributed by atoms with E-state index in [2.05, 4.69) is 10.2 Å². The Kier molecular flexibility index (Phi) is 5.04. The van der Waals surface area contributed by atoms with Crippen molar-refractivity contribution in [2.24, 2.45) is 5.92 Å². The van der Waals surface area contributed by atoms with Crippen LogP contribution in [0.5, 0.6) is 0 Å². The lowest BCUT2D eigenvalue weighted by Gasteiger charge is -2.23. The number of thiocarbonyl (C=S) groups is 1. The van der Waals surface area contributed by atoms with Crippen LogP contribution in [0, 0.1) is 5.92 Å². The van der Waals surface area contributed by atoms with E-state index in [0.717, 1.165) is 30.8 Å². The van der Waals surface area contributed by atoms with Crippen LogP contribution < -0.4 is 5.32 Å².